The number of nitrogens with two attached hydrogens (primary N) is 1. The molecule has 4 rings (SSSR count). The fourth-order valence-electron chi connectivity index (χ4n) is 3.94. The molecule has 1 radical (unpaired) electrons. The Labute approximate surface area is 190 Å². The Morgan fingerprint density at radius 2 is 1.97 bits per heavy atom. The van der Waals surface area contributed by atoms with Crippen molar-refractivity contribution in [3.8, 4) is 0 Å². The summed E-state index contributed by atoms with van der Waals surface area (Å²) < 4.78 is 18.0. The minimum atomic E-state index is -0.789. The standard InChI is InChI=1S/C21H25AsFIN5/c1-12(2)22-7-4-8-29-17(26-18-19(25)27-21(23)28-20(18)29)11-15-9-13-5-3-6-14(13)10-16(15)24/h9-10,12H,3-8,11H2,1-2H3,(H2,25,27,28). The number of nitrogens with zero attached hydrogens (tertiary/aromatic N) is 4. The zero-order valence-corrected chi connectivity index (χ0v) is 20.8. The van der Waals surface area contributed by atoms with Crippen LogP contribution in [0.15, 0.2) is 12.1 Å². The first-order valence-corrected chi connectivity index (χ1v) is 13.6. The molecule has 0 atom stereocenters. The van der Waals surface area contributed by atoms with Crippen molar-refractivity contribution in [1.82, 2.24) is 19.5 Å². The van der Waals surface area contributed by atoms with Crippen molar-refractivity contribution in [3.63, 3.8) is 0 Å². The summed E-state index contributed by atoms with van der Waals surface area (Å²) in [5.41, 5.74) is 11.2. The van der Waals surface area contributed by atoms with Gasteiger partial charge in [0, 0.05) is 0 Å². The van der Waals surface area contributed by atoms with Crippen molar-refractivity contribution in [1.29, 1.82) is 0 Å². The quantitative estimate of drug-likeness (QED) is 0.196. The number of aryl methyl sites for hydroxylation is 3. The molecule has 0 saturated heterocycles. The molecule has 2 N–H and O–H groups in total. The first-order chi connectivity index (χ1) is 13.9. The fourth-order valence-corrected chi connectivity index (χ4v) is 6.42. The summed E-state index contributed by atoms with van der Waals surface area (Å²) in [5, 5.41) is 1.21. The second-order valence-electron chi connectivity index (χ2n) is 7.83. The number of aromatic nitrogens is 4. The third-order valence-electron chi connectivity index (χ3n) is 5.32. The Morgan fingerprint density at radius 1 is 1.21 bits per heavy atom. The molecule has 8 heteroatoms. The predicted octanol–water partition coefficient (Wildman–Crippen LogP) is 4.57. The maximum atomic E-state index is 13.9. The van der Waals surface area contributed by atoms with Gasteiger partial charge in [0.1, 0.15) is 0 Å². The molecule has 0 bridgehead atoms. The molecule has 3 aromatic rings. The Kier molecular flexibility index (Phi) is 6.44. The predicted molar refractivity (Wildman–Crippen MR) is 124 cm³/mol. The summed E-state index contributed by atoms with van der Waals surface area (Å²) in [5.74, 6) is 1.01. The van der Waals surface area contributed by atoms with E-state index in [1.54, 1.807) is 0 Å². The zero-order chi connectivity index (χ0) is 20.5. The summed E-state index contributed by atoms with van der Waals surface area (Å²) in [7, 11) is 0. The van der Waals surface area contributed by atoms with Crippen molar-refractivity contribution in [2.45, 2.75) is 62.4 Å². The van der Waals surface area contributed by atoms with E-state index >= 15 is 0 Å². The zero-order valence-electron chi connectivity index (χ0n) is 16.8. The Morgan fingerprint density at radius 3 is 2.72 bits per heavy atom. The Balaban J connectivity index is 1.69. The normalized spacial score (nSPS) is 14.0. The van der Waals surface area contributed by atoms with Crippen LogP contribution in [-0.2, 0) is 25.8 Å². The van der Waals surface area contributed by atoms with Crippen LogP contribution in [0.1, 0.15) is 49.2 Å². The van der Waals surface area contributed by atoms with E-state index in [9.17, 15) is 4.39 Å². The van der Waals surface area contributed by atoms with Crippen LogP contribution in [0.2, 0.25) is 9.91 Å². The fraction of sp³-hybridized carbons (Fsp3) is 0.476. The molecule has 2 aromatic heterocycles. The number of rotatable bonds is 7. The number of hydrogen-bond donors (Lipinski definition) is 1. The van der Waals surface area contributed by atoms with Gasteiger partial charge in [-0.15, -0.1) is 0 Å². The summed E-state index contributed by atoms with van der Waals surface area (Å²) in [6, 6.07) is 4.64. The second kappa shape index (κ2) is 8.88. The van der Waals surface area contributed by atoms with Crippen LogP contribution in [0.25, 0.3) is 11.2 Å². The average Bonchev–Trinajstić information content (AvgIpc) is 3.23. The van der Waals surface area contributed by atoms with Gasteiger partial charge < -0.3 is 0 Å². The van der Waals surface area contributed by atoms with E-state index in [1.165, 1.54) is 38.3 Å². The molecule has 2 heterocycles. The van der Waals surface area contributed by atoms with E-state index in [1.807, 2.05) is 0 Å². The first kappa shape index (κ1) is 21.0. The molecule has 153 valence electrons. The van der Waals surface area contributed by atoms with Gasteiger partial charge in [-0.05, 0) is 0 Å². The molecule has 1 aliphatic carbocycles. The third kappa shape index (κ3) is 4.60. The first-order valence-electron chi connectivity index (χ1n) is 10.1. The second-order valence-corrected chi connectivity index (χ2v) is 12.9. The Bertz CT molecular complexity index is 1050. The van der Waals surface area contributed by atoms with Crippen molar-refractivity contribution in [2.24, 2.45) is 0 Å². The van der Waals surface area contributed by atoms with Gasteiger partial charge in [0.15, 0.2) is 0 Å². The number of hydrogen-bond acceptors (Lipinski definition) is 4. The maximum absolute atomic E-state index is 13.9. The molecular formula is C21H25AsFIN5. The summed E-state index contributed by atoms with van der Waals surface area (Å²) in [6.07, 6.45) is 4.51. The van der Waals surface area contributed by atoms with Crippen molar-refractivity contribution < 1.29 is 4.39 Å². The number of benzene rings is 1. The van der Waals surface area contributed by atoms with E-state index in [-0.39, 0.29) is 5.82 Å². The van der Waals surface area contributed by atoms with Gasteiger partial charge in [-0.1, -0.05) is 0 Å². The van der Waals surface area contributed by atoms with Gasteiger partial charge in [-0.3, -0.25) is 0 Å². The molecule has 1 aliphatic rings. The van der Waals surface area contributed by atoms with Crippen LogP contribution in [-0.4, -0.2) is 35.3 Å². The van der Waals surface area contributed by atoms with E-state index in [0.717, 1.165) is 29.9 Å². The molecule has 0 aliphatic heterocycles. The molecule has 5 nitrogen and oxygen atoms in total. The van der Waals surface area contributed by atoms with Gasteiger partial charge >= 0.3 is 192 Å². The monoisotopic (exact) mass is 568 g/mol. The van der Waals surface area contributed by atoms with Crippen LogP contribution in [0.3, 0.4) is 0 Å². The van der Waals surface area contributed by atoms with E-state index < -0.39 is 6.08 Å². The number of anilines is 1. The Hall–Kier alpha value is -1.21. The number of imidazole rings is 1. The molecule has 0 spiro atoms. The van der Waals surface area contributed by atoms with Gasteiger partial charge in [0.2, 0.25) is 0 Å². The SMILES string of the molecule is CC(C)[As]CCCn1c(Cc2cc3c(cc2I)CCC3)nc2c(N)nc(F)nc21. The van der Waals surface area contributed by atoms with Gasteiger partial charge in [-0.25, -0.2) is 0 Å². The summed E-state index contributed by atoms with van der Waals surface area (Å²) >= 11 is 2.75. The molecule has 0 amide bonds. The van der Waals surface area contributed by atoms with Crippen molar-refractivity contribution in [2.75, 3.05) is 5.73 Å². The summed E-state index contributed by atoms with van der Waals surface area (Å²) in [6.45, 7) is 5.33. The van der Waals surface area contributed by atoms with Gasteiger partial charge in [0.25, 0.3) is 0 Å². The van der Waals surface area contributed by atoms with E-state index in [4.69, 9.17) is 10.7 Å². The number of halogens is 2. The number of fused-ring (bicyclic) bond motifs is 2. The van der Waals surface area contributed by atoms with Crippen LogP contribution in [0, 0.1) is 9.65 Å². The van der Waals surface area contributed by atoms with Crippen molar-refractivity contribution in [3.05, 3.63) is 44.3 Å². The van der Waals surface area contributed by atoms with Crippen LogP contribution in [0.5, 0.6) is 0 Å². The topological polar surface area (TPSA) is 69.6 Å². The van der Waals surface area contributed by atoms with Crippen LogP contribution in [0.4, 0.5) is 10.2 Å². The van der Waals surface area contributed by atoms with Gasteiger partial charge in [-0.2, -0.15) is 0 Å². The molecule has 0 fully saturated rings. The van der Waals surface area contributed by atoms with Gasteiger partial charge in [0.05, 0.1) is 0 Å². The van der Waals surface area contributed by atoms with Crippen LogP contribution < -0.4 is 5.73 Å². The van der Waals surface area contributed by atoms with Crippen molar-refractivity contribution >= 4 is 55.3 Å². The molecule has 1 aromatic carbocycles. The number of nitrogen functional groups attached to an aromatic ring is 1. The third-order valence-corrected chi connectivity index (χ3v) is 9.06. The minimum absolute atomic E-state index is 0.115. The molecule has 0 saturated carbocycles. The van der Waals surface area contributed by atoms with E-state index in [0.29, 0.717) is 33.3 Å². The molecule has 0 unspecified atom stereocenters. The van der Waals surface area contributed by atoms with Crippen LogP contribution >= 0.6 is 22.6 Å². The molecular weight excluding hydrogens is 543 g/mol. The molecule has 29 heavy (non-hydrogen) atoms. The average molecular weight is 568 g/mol. The van der Waals surface area contributed by atoms with E-state index in [2.05, 4.69) is 63.1 Å². The summed E-state index contributed by atoms with van der Waals surface area (Å²) in [4.78, 5) is 12.5.